The lowest BCUT2D eigenvalue weighted by Gasteiger charge is -2.08. The highest BCUT2D eigenvalue weighted by Gasteiger charge is 2.16. The van der Waals surface area contributed by atoms with E-state index in [0.717, 1.165) is 11.1 Å². The predicted octanol–water partition coefficient (Wildman–Crippen LogP) is 1.17. The summed E-state index contributed by atoms with van der Waals surface area (Å²) in [5.74, 6) is -0.109. The number of aromatic nitrogens is 4. The van der Waals surface area contributed by atoms with Crippen molar-refractivity contribution < 1.29 is 14.3 Å². The van der Waals surface area contributed by atoms with Crippen molar-refractivity contribution >= 4 is 17.6 Å². The summed E-state index contributed by atoms with van der Waals surface area (Å²) < 4.78 is 11.4. The van der Waals surface area contributed by atoms with Crippen LogP contribution in [0.3, 0.4) is 0 Å². The van der Waals surface area contributed by atoms with Gasteiger partial charge in [-0.2, -0.15) is 4.98 Å². The van der Waals surface area contributed by atoms with Gasteiger partial charge in [-0.15, -0.1) is 5.10 Å². The van der Waals surface area contributed by atoms with Gasteiger partial charge in [-0.25, -0.2) is 14.3 Å². The number of carbonyl (C=O) groups excluding carboxylic acids is 1. The van der Waals surface area contributed by atoms with E-state index in [9.17, 15) is 4.79 Å². The molecule has 8 heteroatoms. The van der Waals surface area contributed by atoms with Gasteiger partial charge in [-0.05, 0) is 23.8 Å². The van der Waals surface area contributed by atoms with Crippen LogP contribution in [0.4, 0.5) is 5.95 Å². The molecule has 0 atom stereocenters. The number of rotatable bonds is 3. The monoisotopic (exact) mass is 299 g/mol. The van der Waals surface area contributed by atoms with Crippen LogP contribution in [0.2, 0.25) is 0 Å². The smallest absolute Gasteiger partial charge is 0.343 e. The number of pyridine rings is 2. The molecule has 0 aliphatic rings. The first kappa shape index (κ1) is 13.8. The molecular formula is C14H13N5O3. The number of carbonyl (C=O) groups is 1. The van der Waals surface area contributed by atoms with E-state index in [4.69, 9.17) is 15.2 Å². The molecule has 3 aromatic rings. The second-order valence-electron chi connectivity index (χ2n) is 4.46. The van der Waals surface area contributed by atoms with Crippen molar-refractivity contribution in [2.45, 2.75) is 0 Å². The Hall–Kier alpha value is -3.16. The number of hydrogen-bond acceptors (Lipinski definition) is 7. The fraction of sp³-hybridized carbons (Fsp3) is 0.143. The molecule has 0 fully saturated rings. The normalized spacial score (nSPS) is 10.6. The third kappa shape index (κ3) is 2.30. The number of methoxy groups -OCH3 is 2. The summed E-state index contributed by atoms with van der Waals surface area (Å²) in [6, 6.07) is 5.28. The van der Waals surface area contributed by atoms with Gasteiger partial charge in [0.25, 0.3) is 0 Å². The zero-order valence-corrected chi connectivity index (χ0v) is 12.0. The molecule has 0 spiro atoms. The van der Waals surface area contributed by atoms with Crippen LogP contribution in [0, 0.1) is 0 Å². The van der Waals surface area contributed by atoms with Crippen LogP contribution < -0.4 is 10.5 Å². The topological polar surface area (TPSA) is 105 Å². The molecule has 0 aromatic carbocycles. The van der Waals surface area contributed by atoms with Gasteiger partial charge in [0.15, 0.2) is 5.65 Å². The largest absolute Gasteiger partial charge is 0.480 e. The molecule has 3 aromatic heterocycles. The fourth-order valence-corrected chi connectivity index (χ4v) is 2.11. The molecule has 0 aliphatic carbocycles. The van der Waals surface area contributed by atoms with Gasteiger partial charge in [0, 0.05) is 18.0 Å². The molecular weight excluding hydrogens is 286 g/mol. The van der Waals surface area contributed by atoms with E-state index in [0.29, 0.717) is 5.65 Å². The minimum absolute atomic E-state index is 0.195. The maximum Gasteiger partial charge on any atom is 0.343 e. The molecule has 0 saturated heterocycles. The Balaban J connectivity index is 2.11. The average Bonchev–Trinajstić information content (AvgIpc) is 2.92. The first-order valence-corrected chi connectivity index (χ1v) is 6.37. The van der Waals surface area contributed by atoms with E-state index in [2.05, 4.69) is 15.1 Å². The van der Waals surface area contributed by atoms with Crippen molar-refractivity contribution in [3.8, 4) is 17.0 Å². The lowest BCUT2D eigenvalue weighted by atomic mass is 10.1. The first-order valence-electron chi connectivity index (χ1n) is 6.37. The number of nitrogen functional groups attached to an aromatic ring is 1. The zero-order valence-electron chi connectivity index (χ0n) is 12.0. The van der Waals surface area contributed by atoms with E-state index in [1.165, 1.54) is 14.2 Å². The Morgan fingerprint density at radius 1 is 1.27 bits per heavy atom. The second kappa shape index (κ2) is 5.32. The summed E-state index contributed by atoms with van der Waals surface area (Å²) in [5, 5.41) is 4.01. The van der Waals surface area contributed by atoms with Gasteiger partial charge in [-0.1, -0.05) is 0 Å². The molecule has 0 saturated carbocycles. The SMILES string of the molecule is COC(=O)c1cc(-c2ccn3nc(N)nc3c2)cnc1OC. The predicted molar refractivity (Wildman–Crippen MR) is 78.5 cm³/mol. The molecule has 0 aliphatic heterocycles. The van der Waals surface area contributed by atoms with E-state index in [-0.39, 0.29) is 17.4 Å². The van der Waals surface area contributed by atoms with Gasteiger partial charge in [0.2, 0.25) is 11.8 Å². The summed E-state index contributed by atoms with van der Waals surface area (Å²) in [6.45, 7) is 0. The van der Waals surface area contributed by atoms with Crippen molar-refractivity contribution in [1.29, 1.82) is 0 Å². The van der Waals surface area contributed by atoms with Gasteiger partial charge in [0.05, 0.1) is 14.2 Å². The van der Waals surface area contributed by atoms with Gasteiger partial charge < -0.3 is 15.2 Å². The van der Waals surface area contributed by atoms with Crippen molar-refractivity contribution in [3.05, 3.63) is 36.2 Å². The first-order chi connectivity index (χ1) is 10.6. The molecule has 0 bridgehead atoms. The highest BCUT2D eigenvalue weighted by atomic mass is 16.5. The molecule has 0 amide bonds. The van der Waals surface area contributed by atoms with E-state index < -0.39 is 5.97 Å². The molecule has 0 unspecified atom stereocenters. The van der Waals surface area contributed by atoms with Crippen LogP contribution in [0.5, 0.6) is 5.88 Å². The van der Waals surface area contributed by atoms with Crippen LogP contribution >= 0.6 is 0 Å². The second-order valence-corrected chi connectivity index (χ2v) is 4.46. The minimum Gasteiger partial charge on any atom is -0.480 e. The Morgan fingerprint density at radius 3 is 2.82 bits per heavy atom. The lowest BCUT2D eigenvalue weighted by molar-refractivity contribution is 0.0596. The highest BCUT2D eigenvalue weighted by molar-refractivity contribution is 5.93. The number of hydrogen-bond donors (Lipinski definition) is 1. The summed E-state index contributed by atoms with van der Waals surface area (Å²) in [4.78, 5) is 20.0. The third-order valence-electron chi connectivity index (χ3n) is 3.14. The Kier molecular flexibility index (Phi) is 3.34. The van der Waals surface area contributed by atoms with Crippen molar-refractivity contribution in [2.24, 2.45) is 0 Å². The number of anilines is 1. The maximum atomic E-state index is 11.8. The van der Waals surface area contributed by atoms with Crippen molar-refractivity contribution in [2.75, 3.05) is 20.0 Å². The van der Waals surface area contributed by atoms with Crippen LogP contribution in [-0.4, -0.2) is 39.8 Å². The number of nitrogens with two attached hydrogens (primary N) is 1. The lowest BCUT2D eigenvalue weighted by Crippen LogP contribution is -2.05. The molecule has 0 radical (unpaired) electrons. The summed E-state index contributed by atoms with van der Waals surface area (Å²) in [5.41, 5.74) is 7.97. The molecule has 8 nitrogen and oxygen atoms in total. The standard InChI is InChI=1S/C14H13N5O3/c1-21-12-10(13(20)22-2)5-9(7-16-12)8-3-4-19-11(6-8)17-14(15)18-19/h3-7H,1-2H3,(H2,15,18). The number of fused-ring (bicyclic) bond motifs is 1. The molecule has 22 heavy (non-hydrogen) atoms. The molecule has 112 valence electrons. The highest BCUT2D eigenvalue weighted by Crippen LogP contribution is 2.25. The average molecular weight is 299 g/mol. The van der Waals surface area contributed by atoms with Gasteiger partial charge in [0.1, 0.15) is 5.56 Å². The quantitative estimate of drug-likeness (QED) is 0.724. The maximum absolute atomic E-state index is 11.8. The van der Waals surface area contributed by atoms with Crippen molar-refractivity contribution in [1.82, 2.24) is 19.6 Å². The van der Waals surface area contributed by atoms with Crippen molar-refractivity contribution in [3.63, 3.8) is 0 Å². The number of ether oxygens (including phenoxy) is 2. The summed E-state index contributed by atoms with van der Waals surface area (Å²) in [7, 11) is 2.75. The zero-order chi connectivity index (χ0) is 15.7. The van der Waals surface area contributed by atoms with Crippen LogP contribution in [-0.2, 0) is 4.74 Å². The minimum atomic E-state index is -0.515. The Bertz CT molecular complexity index is 859. The number of nitrogens with zero attached hydrogens (tertiary/aromatic N) is 4. The van der Waals surface area contributed by atoms with Gasteiger partial charge in [-0.3, -0.25) is 0 Å². The number of esters is 1. The summed E-state index contributed by atoms with van der Waals surface area (Å²) in [6.07, 6.45) is 3.34. The van der Waals surface area contributed by atoms with Crippen LogP contribution in [0.1, 0.15) is 10.4 Å². The molecule has 3 rings (SSSR count). The van der Waals surface area contributed by atoms with E-state index >= 15 is 0 Å². The summed E-state index contributed by atoms with van der Waals surface area (Å²) >= 11 is 0. The van der Waals surface area contributed by atoms with Crippen LogP contribution in [0.15, 0.2) is 30.6 Å². The molecule has 3 heterocycles. The Morgan fingerprint density at radius 2 is 2.09 bits per heavy atom. The fourth-order valence-electron chi connectivity index (χ4n) is 2.11. The van der Waals surface area contributed by atoms with E-state index in [1.54, 1.807) is 29.0 Å². The van der Waals surface area contributed by atoms with Crippen LogP contribution in [0.25, 0.3) is 16.8 Å². The third-order valence-corrected chi connectivity index (χ3v) is 3.14. The van der Waals surface area contributed by atoms with Gasteiger partial charge >= 0.3 is 5.97 Å². The molecule has 2 N–H and O–H groups in total. The Labute approximate surface area is 125 Å². The van der Waals surface area contributed by atoms with E-state index in [1.807, 2.05) is 6.07 Å².